The van der Waals surface area contributed by atoms with Crippen molar-refractivity contribution in [2.75, 3.05) is 26.0 Å². The molecule has 9 heteroatoms. The van der Waals surface area contributed by atoms with Gasteiger partial charge in [0, 0.05) is 44.8 Å². The molecule has 2 aliphatic rings. The van der Waals surface area contributed by atoms with E-state index in [0.717, 1.165) is 44.2 Å². The third-order valence-corrected chi connectivity index (χ3v) is 7.25. The molecule has 3 aromatic rings. The maximum Gasteiger partial charge on any atom is 0.267 e. The van der Waals surface area contributed by atoms with E-state index in [0.29, 0.717) is 24.2 Å². The minimum atomic E-state index is -3.74. The lowest BCUT2D eigenvalue weighted by atomic mass is 9.90. The number of aromatic nitrogens is 1. The van der Waals surface area contributed by atoms with E-state index in [2.05, 4.69) is 59.7 Å². The first-order valence-electron chi connectivity index (χ1n) is 12.9. The lowest BCUT2D eigenvalue weighted by Crippen LogP contribution is -2.45. The second kappa shape index (κ2) is 12.5. The number of nitrogens with zero attached hydrogens (tertiary/aromatic N) is 1. The Kier molecular flexibility index (Phi) is 9.12. The van der Waals surface area contributed by atoms with Crippen LogP contribution in [0.5, 0.6) is 5.75 Å². The lowest BCUT2D eigenvalue weighted by molar-refractivity contribution is 0.0977. The molecule has 204 valence electrons. The normalized spacial score (nSPS) is 16.0. The Morgan fingerprint density at radius 3 is 2.34 bits per heavy atom. The van der Waals surface area contributed by atoms with Gasteiger partial charge < -0.3 is 10.1 Å². The molecule has 1 saturated carbocycles. The zero-order valence-corrected chi connectivity index (χ0v) is 22.5. The number of carbonyl (C=O) groups excluding carboxylic acids is 1. The highest BCUT2D eigenvalue weighted by Crippen LogP contribution is 2.45. The minimum absolute atomic E-state index is 0. The van der Waals surface area contributed by atoms with E-state index in [9.17, 15) is 17.6 Å². The van der Waals surface area contributed by atoms with Gasteiger partial charge in [0.05, 0.1) is 18.4 Å². The van der Waals surface area contributed by atoms with Crippen LogP contribution in [0.4, 0.5) is 4.39 Å². The van der Waals surface area contributed by atoms with Crippen LogP contribution in [0.1, 0.15) is 66.5 Å². The summed E-state index contributed by atoms with van der Waals surface area (Å²) in [6.07, 6.45) is 7.62. The summed E-state index contributed by atoms with van der Waals surface area (Å²) in [5.74, 6) is -0.130. The number of rotatable bonds is 9. The molecule has 0 bridgehead atoms. The quantitative estimate of drug-likeness (QED) is 0.402. The van der Waals surface area contributed by atoms with E-state index in [1.807, 2.05) is 12.4 Å². The fraction of sp³-hybridized carbons (Fsp3) is 0.379. The molecule has 1 unspecified atom stereocenters. The van der Waals surface area contributed by atoms with E-state index in [1.54, 1.807) is 4.72 Å². The van der Waals surface area contributed by atoms with E-state index >= 15 is 0 Å². The number of amides is 1. The molecular formula is C29H36FN3O4S. The highest BCUT2D eigenvalue weighted by atomic mass is 32.2. The third-order valence-electron chi connectivity index (χ3n) is 6.70. The first-order chi connectivity index (χ1) is 18.2. The van der Waals surface area contributed by atoms with Crippen LogP contribution in [0.25, 0.3) is 0 Å². The molecule has 1 aliphatic heterocycles. The molecule has 1 aliphatic carbocycles. The fourth-order valence-electron chi connectivity index (χ4n) is 4.43. The largest absolute Gasteiger partial charge is 0.493 e. The SMILES string of the molecule is CCC(c1ccccc1)c1ccncc1.CS(=O)(=O)NC(=O)c1cc(C2CC2)c(OCC2CNC2)cc1F.[HH]. The Balaban J connectivity index is 0.000000228. The van der Waals surface area contributed by atoms with Crippen molar-refractivity contribution >= 4 is 15.9 Å². The molecular weight excluding hydrogens is 505 g/mol. The molecule has 2 aromatic carbocycles. The number of nitrogens with one attached hydrogen (secondary N) is 2. The van der Waals surface area contributed by atoms with E-state index in [1.165, 1.54) is 23.3 Å². The van der Waals surface area contributed by atoms with Gasteiger partial charge in [-0.15, -0.1) is 0 Å². The fourth-order valence-corrected chi connectivity index (χ4v) is 4.87. The van der Waals surface area contributed by atoms with Crippen LogP contribution in [0.3, 0.4) is 0 Å². The van der Waals surface area contributed by atoms with Crippen molar-refractivity contribution in [3.63, 3.8) is 0 Å². The molecule has 1 saturated heterocycles. The van der Waals surface area contributed by atoms with Crippen molar-refractivity contribution in [1.29, 1.82) is 0 Å². The van der Waals surface area contributed by atoms with Crippen LogP contribution in [0, 0.1) is 11.7 Å². The second-order valence-electron chi connectivity index (χ2n) is 9.83. The van der Waals surface area contributed by atoms with E-state index < -0.39 is 21.7 Å². The summed E-state index contributed by atoms with van der Waals surface area (Å²) >= 11 is 0. The smallest absolute Gasteiger partial charge is 0.267 e. The van der Waals surface area contributed by atoms with Crippen molar-refractivity contribution in [1.82, 2.24) is 15.0 Å². The first kappa shape index (κ1) is 27.7. The Hall–Kier alpha value is -3.30. The van der Waals surface area contributed by atoms with Crippen LogP contribution < -0.4 is 14.8 Å². The van der Waals surface area contributed by atoms with Gasteiger partial charge in [0.15, 0.2) is 0 Å². The van der Waals surface area contributed by atoms with Gasteiger partial charge in [-0.2, -0.15) is 0 Å². The van der Waals surface area contributed by atoms with Crippen LogP contribution in [-0.2, 0) is 10.0 Å². The molecule has 5 rings (SSSR count). The zero-order chi connectivity index (χ0) is 27.1. The van der Waals surface area contributed by atoms with Crippen LogP contribution in [0.2, 0.25) is 0 Å². The molecule has 7 nitrogen and oxygen atoms in total. The number of sulfonamides is 1. The monoisotopic (exact) mass is 541 g/mol. The predicted octanol–water partition coefficient (Wildman–Crippen LogP) is 4.86. The summed E-state index contributed by atoms with van der Waals surface area (Å²) < 4.78 is 44.0. The maximum absolute atomic E-state index is 14.2. The molecule has 1 atom stereocenters. The van der Waals surface area contributed by atoms with Crippen molar-refractivity contribution < 1.29 is 23.8 Å². The van der Waals surface area contributed by atoms with Gasteiger partial charge in [0.25, 0.3) is 5.91 Å². The summed E-state index contributed by atoms with van der Waals surface area (Å²) in [6.45, 7) is 4.49. The zero-order valence-electron chi connectivity index (χ0n) is 21.7. The Morgan fingerprint density at radius 2 is 1.79 bits per heavy atom. The molecule has 1 aromatic heterocycles. The summed E-state index contributed by atoms with van der Waals surface area (Å²) in [5.41, 5.74) is 3.23. The second-order valence-corrected chi connectivity index (χ2v) is 11.6. The van der Waals surface area contributed by atoms with E-state index in [-0.39, 0.29) is 12.9 Å². The van der Waals surface area contributed by atoms with Crippen LogP contribution in [0.15, 0.2) is 67.0 Å². The average molecular weight is 542 g/mol. The molecule has 0 radical (unpaired) electrons. The molecule has 38 heavy (non-hydrogen) atoms. The molecule has 2 heterocycles. The summed E-state index contributed by atoms with van der Waals surface area (Å²) in [5, 5.41) is 3.14. The van der Waals surface area contributed by atoms with Gasteiger partial charge in [0.1, 0.15) is 11.6 Å². The maximum atomic E-state index is 14.2. The predicted molar refractivity (Wildman–Crippen MR) is 147 cm³/mol. The highest BCUT2D eigenvalue weighted by molar-refractivity contribution is 7.89. The van der Waals surface area contributed by atoms with Crippen LogP contribution in [-0.4, -0.2) is 45.3 Å². The van der Waals surface area contributed by atoms with Gasteiger partial charge in [-0.1, -0.05) is 37.3 Å². The first-order valence-corrected chi connectivity index (χ1v) is 14.8. The summed E-state index contributed by atoms with van der Waals surface area (Å²) in [7, 11) is -3.74. The van der Waals surface area contributed by atoms with Gasteiger partial charge in [-0.25, -0.2) is 17.5 Å². The highest BCUT2D eigenvalue weighted by Gasteiger charge is 2.30. The van der Waals surface area contributed by atoms with Gasteiger partial charge in [0.2, 0.25) is 10.0 Å². The third kappa shape index (κ3) is 7.61. The summed E-state index contributed by atoms with van der Waals surface area (Å²) in [4.78, 5) is 16.0. The molecule has 2 fully saturated rings. The van der Waals surface area contributed by atoms with Crippen molar-refractivity contribution in [3.8, 4) is 5.75 Å². The summed E-state index contributed by atoms with van der Waals surface area (Å²) in [6, 6.07) is 17.4. The van der Waals surface area contributed by atoms with E-state index in [4.69, 9.17) is 4.74 Å². The Labute approximate surface area is 225 Å². The number of ether oxygens (including phenoxy) is 1. The molecule has 1 amide bonds. The van der Waals surface area contributed by atoms with Crippen LogP contribution >= 0.6 is 0 Å². The lowest BCUT2D eigenvalue weighted by Gasteiger charge is -2.27. The van der Waals surface area contributed by atoms with Gasteiger partial charge in [-0.3, -0.25) is 9.78 Å². The number of hydrogen-bond donors (Lipinski definition) is 2. The molecule has 2 N–H and O–H groups in total. The van der Waals surface area contributed by atoms with Crippen molar-refractivity contribution in [2.24, 2.45) is 5.92 Å². The Bertz CT molecular complexity index is 1300. The Morgan fingerprint density at radius 1 is 1.13 bits per heavy atom. The number of pyridine rings is 1. The number of benzene rings is 2. The topological polar surface area (TPSA) is 97.4 Å². The van der Waals surface area contributed by atoms with Gasteiger partial charge >= 0.3 is 0 Å². The number of halogens is 1. The minimum Gasteiger partial charge on any atom is -0.493 e. The van der Waals surface area contributed by atoms with Crippen molar-refractivity contribution in [2.45, 2.75) is 38.0 Å². The average Bonchev–Trinajstić information content (AvgIpc) is 3.70. The number of hydrogen-bond acceptors (Lipinski definition) is 6. The standard InChI is InChI=1S/C15H19FN2O4S.C14H15N.H2/c1-23(20,21)18-15(19)12-4-11(10-2-3-10)14(5-13(12)16)22-8-9-6-17-7-9;1-2-14(12-6-4-3-5-7-12)13-8-10-15-11-9-13;/h4-5,9-10,17H,2-3,6-8H2,1H3,(H,18,19);3-11,14H,2H2,1H3;1H. The molecule has 0 spiro atoms. The number of carbonyl (C=O) groups is 1. The van der Waals surface area contributed by atoms with Crippen molar-refractivity contribution in [3.05, 3.63) is 95.1 Å². The van der Waals surface area contributed by atoms with Gasteiger partial charge in [-0.05, 0) is 60.1 Å².